The summed E-state index contributed by atoms with van der Waals surface area (Å²) >= 11 is -1.93. The lowest BCUT2D eigenvalue weighted by molar-refractivity contribution is -0.166. The molecule has 0 spiro atoms. The van der Waals surface area contributed by atoms with Gasteiger partial charge in [-0.1, -0.05) is 63.3 Å². The number of carbonyl (C=O) groups is 3. The van der Waals surface area contributed by atoms with Gasteiger partial charge in [-0.2, -0.15) is 0 Å². The molecule has 282 valence electrons. The highest BCUT2D eigenvalue weighted by Crippen LogP contribution is 2.68. The average molecular weight is 706 g/mol. The Labute approximate surface area is 301 Å². The maximum Gasteiger partial charge on any atom is 0.308 e. The number of nitrogens with one attached hydrogen (secondary N) is 1. The molecule has 6 fully saturated rings. The van der Waals surface area contributed by atoms with Gasteiger partial charge in [-0.05, 0) is 141 Å². The van der Waals surface area contributed by atoms with Crippen LogP contribution in [0.15, 0.2) is 0 Å². The van der Waals surface area contributed by atoms with Crippen LogP contribution in [0.25, 0.3) is 0 Å². The SMILES string of the molecule is C.C.CCC(C)C(=O)OC1CC[C@@]2(C)C(CCC3C4CCC(C(C)CCC(=O)NS(=O)OCC56CCC(CC5=O)C6(C)C)[C@@]4(C)CCC32)C1. The number of hydrogen-bond acceptors (Lipinski definition) is 6. The molecule has 6 saturated carbocycles. The Kier molecular flexibility index (Phi) is 12.4. The van der Waals surface area contributed by atoms with Gasteiger partial charge in [0.05, 0.1) is 17.9 Å². The molecule has 6 aliphatic rings. The van der Waals surface area contributed by atoms with E-state index in [1.54, 1.807) is 0 Å². The molecule has 7 nitrogen and oxygen atoms in total. The fourth-order valence-electron chi connectivity index (χ4n) is 12.7. The van der Waals surface area contributed by atoms with Crippen LogP contribution in [0.3, 0.4) is 0 Å². The number of ketones is 1. The van der Waals surface area contributed by atoms with Crippen LogP contribution in [-0.2, 0) is 34.6 Å². The largest absolute Gasteiger partial charge is 0.462 e. The highest BCUT2D eigenvalue weighted by Gasteiger charge is 2.64. The Morgan fingerprint density at radius 1 is 0.898 bits per heavy atom. The van der Waals surface area contributed by atoms with E-state index in [0.717, 1.165) is 56.3 Å². The Morgan fingerprint density at radius 3 is 2.24 bits per heavy atom. The monoisotopic (exact) mass is 706 g/mol. The van der Waals surface area contributed by atoms with Crippen LogP contribution in [0, 0.1) is 69.0 Å². The van der Waals surface area contributed by atoms with Crippen LogP contribution in [-0.4, -0.2) is 34.6 Å². The van der Waals surface area contributed by atoms with E-state index in [0.29, 0.717) is 47.3 Å². The van der Waals surface area contributed by atoms with E-state index in [1.165, 1.54) is 44.9 Å². The van der Waals surface area contributed by atoms with Gasteiger partial charge in [0.25, 0.3) is 11.3 Å². The lowest BCUT2D eigenvalue weighted by Gasteiger charge is -2.61. The van der Waals surface area contributed by atoms with E-state index in [2.05, 4.69) is 46.3 Å². The van der Waals surface area contributed by atoms with Gasteiger partial charge < -0.3 is 4.74 Å². The Morgan fingerprint density at radius 2 is 1.59 bits per heavy atom. The van der Waals surface area contributed by atoms with Crippen molar-refractivity contribution in [1.29, 1.82) is 0 Å². The van der Waals surface area contributed by atoms with Crippen molar-refractivity contribution in [3.05, 3.63) is 0 Å². The van der Waals surface area contributed by atoms with Crippen molar-refractivity contribution < 1.29 is 27.5 Å². The van der Waals surface area contributed by atoms with E-state index >= 15 is 0 Å². The number of rotatable bonds is 11. The Bertz CT molecular complexity index is 1250. The predicted octanol–water partition coefficient (Wildman–Crippen LogP) is 9.40. The zero-order valence-corrected chi connectivity index (χ0v) is 31.2. The molecule has 0 heterocycles. The normalized spacial score (nSPS) is 41.9. The zero-order valence-electron chi connectivity index (χ0n) is 30.4. The molecule has 11 unspecified atom stereocenters. The standard InChI is InChI=1S/C39H63NO6S.2CH4/c1-8-24(2)35(43)46-28-16-18-37(6)27(21-28)10-11-29-31-13-12-30(38(31,7)19-17-32(29)37)25(3)9-14-34(42)40-47(44)45-23-39-20-15-26(22-33(39)41)36(39,4)5;;/h24-32H,8-23H2,1-7H3,(H,40,42);2*1H4/t24?,25?,26?,27?,28?,29?,30?,31?,32?,37-,38+,39?,47?;;/m0../s1. The summed E-state index contributed by atoms with van der Waals surface area (Å²) in [5.41, 5.74) is -0.0583. The first kappa shape index (κ1) is 40.5. The zero-order chi connectivity index (χ0) is 33.9. The molecule has 13 atom stereocenters. The number of carbonyl (C=O) groups excluding carboxylic acids is 3. The smallest absolute Gasteiger partial charge is 0.308 e. The highest BCUT2D eigenvalue weighted by atomic mass is 32.2. The summed E-state index contributed by atoms with van der Waals surface area (Å²) in [6, 6.07) is 0. The van der Waals surface area contributed by atoms with Gasteiger partial charge in [0.2, 0.25) is 5.91 Å². The van der Waals surface area contributed by atoms with E-state index < -0.39 is 16.7 Å². The third-order valence-electron chi connectivity index (χ3n) is 16.3. The molecule has 1 amide bonds. The summed E-state index contributed by atoms with van der Waals surface area (Å²) in [6.07, 6.45) is 15.3. The van der Waals surface area contributed by atoms with Crippen LogP contribution in [0.5, 0.6) is 0 Å². The van der Waals surface area contributed by atoms with Gasteiger partial charge in [-0.25, -0.2) is 4.21 Å². The predicted molar refractivity (Wildman–Crippen MR) is 197 cm³/mol. The Hall–Kier alpha value is -1.28. The summed E-state index contributed by atoms with van der Waals surface area (Å²) in [5, 5.41) is 0. The number of ether oxygens (including phenoxy) is 1. The van der Waals surface area contributed by atoms with Crippen molar-refractivity contribution in [2.24, 2.45) is 69.0 Å². The van der Waals surface area contributed by atoms with Gasteiger partial charge >= 0.3 is 5.97 Å². The summed E-state index contributed by atoms with van der Waals surface area (Å²) in [7, 11) is 0. The minimum absolute atomic E-state index is 0. The van der Waals surface area contributed by atoms with Crippen LogP contribution in [0.4, 0.5) is 0 Å². The minimum atomic E-state index is -1.93. The molecule has 0 aliphatic heterocycles. The van der Waals surface area contributed by atoms with Crippen LogP contribution >= 0.6 is 0 Å². The second-order valence-corrected chi connectivity index (χ2v) is 19.1. The molecule has 6 rings (SSSR count). The molecule has 0 radical (unpaired) electrons. The third-order valence-corrected chi connectivity index (χ3v) is 17.0. The number of fused-ring (bicyclic) bond motifs is 7. The quantitative estimate of drug-likeness (QED) is 0.215. The number of Topliss-reactive ketones (excluding diaryl/α,β-unsaturated/α-hetero) is 1. The first-order chi connectivity index (χ1) is 22.2. The topological polar surface area (TPSA) is 98.8 Å². The van der Waals surface area contributed by atoms with E-state index in [4.69, 9.17) is 8.92 Å². The maximum absolute atomic E-state index is 12.9. The molecule has 0 aromatic rings. The molecular formula is C41H71NO6S. The molecular weight excluding hydrogens is 635 g/mol. The summed E-state index contributed by atoms with van der Waals surface area (Å²) in [6.45, 7) is 15.9. The lowest BCUT2D eigenvalue weighted by Crippen LogP contribution is -2.54. The molecule has 2 bridgehead atoms. The Balaban J connectivity index is 0.00000270. The number of amides is 1. The summed E-state index contributed by atoms with van der Waals surface area (Å²) in [4.78, 5) is 38.2. The molecule has 0 aromatic carbocycles. The van der Waals surface area contributed by atoms with Crippen molar-refractivity contribution in [2.45, 2.75) is 166 Å². The van der Waals surface area contributed by atoms with Gasteiger partial charge in [-0.15, -0.1) is 0 Å². The van der Waals surface area contributed by atoms with E-state index in [-0.39, 0.29) is 56.6 Å². The first-order valence-electron chi connectivity index (χ1n) is 19.2. The molecule has 49 heavy (non-hydrogen) atoms. The van der Waals surface area contributed by atoms with Crippen molar-refractivity contribution >= 4 is 28.9 Å². The highest BCUT2D eigenvalue weighted by molar-refractivity contribution is 7.78. The third kappa shape index (κ3) is 6.86. The first-order valence-corrected chi connectivity index (χ1v) is 20.3. The summed E-state index contributed by atoms with van der Waals surface area (Å²) in [5.74, 6) is 4.32. The van der Waals surface area contributed by atoms with Gasteiger partial charge in [0.15, 0.2) is 0 Å². The summed E-state index contributed by atoms with van der Waals surface area (Å²) < 4.78 is 27.0. The molecule has 8 heteroatoms. The van der Waals surface area contributed by atoms with Gasteiger partial charge in [-0.3, -0.25) is 23.3 Å². The maximum atomic E-state index is 12.9. The van der Waals surface area contributed by atoms with Crippen molar-refractivity contribution in [3.63, 3.8) is 0 Å². The van der Waals surface area contributed by atoms with E-state index in [1.807, 2.05) is 6.92 Å². The molecule has 6 aliphatic carbocycles. The fourth-order valence-corrected chi connectivity index (χ4v) is 13.4. The van der Waals surface area contributed by atoms with Crippen LogP contribution in [0.2, 0.25) is 0 Å². The van der Waals surface area contributed by atoms with Crippen molar-refractivity contribution in [3.8, 4) is 0 Å². The lowest BCUT2D eigenvalue weighted by atomic mass is 9.44. The van der Waals surface area contributed by atoms with Gasteiger partial charge in [0.1, 0.15) is 11.9 Å². The van der Waals surface area contributed by atoms with Crippen molar-refractivity contribution in [2.75, 3.05) is 6.61 Å². The van der Waals surface area contributed by atoms with Crippen LogP contribution < -0.4 is 4.72 Å². The van der Waals surface area contributed by atoms with Crippen LogP contribution in [0.1, 0.15) is 160 Å². The average Bonchev–Trinajstić information content (AvgIpc) is 3.58. The number of hydrogen-bond donors (Lipinski definition) is 1. The van der Waals surface area contributed by atoms with E-state index in [9.17, 15) is 18.6 Å². The number of esters is 1. The van der Waals surface area contributed by atoms with Crippen molar-refractivity contribution in [1.82, 2.24) is 4.72 Å². The molecule has 0 saturated heterocycles. The minimum Gasteiger partial charge on any atom is -0.462 e. The molecule has 0 aromatic heterocycles. The fraction of sp³-hybridized carbons (Fsp3) is 0.927. The molecule has 1 N–H and O–H groups in total. The van der Waals surface area contributed by atoms with Gasteiger partial charge in [0, 0.05) is 12.8 Å². The second-order valence-electron chi connectivity index (χ2n) is 18.2. The second kappa shape index (κ2) is 15.0.